The van der Waals surface area contributed by atoms with Crippen molar-refractivity contribution in [2.45, 2.75) is 167 Å². The average Bonchev–Trinajstić information content (AvgIpc) is 3.01. The Balaban J connectivity index is -0.000000187. The molecule has 0 saturated heterocycles. The minimum Gasteiger partial charge on any atom is -0.400 e. The van der Waals surface area contributed by atoms with Crippen LogP contribution in [-0.2, 0) is 0 Å². The third-order valence-electron chi connectivity index (χ3n) is 6.50. The van der Waals surface area contributed by atoms with Gasteiger partial charge < -0.3 is 30.6 Å². The van der Waals surface area contributed by atoms with Crippen LogP contribution < -0.4 is 0 Å². The highest BCUT2D eigenvalue weighted by Crippen LogP contribution is 2.17. The Bertz CT molecular complexity index is 146. The Morgan fingerprint density at radius 2 is 0.158 bits per heavy atom. The zero-order chi connectivity index (χ0) is 30.4. The zero-order valence-corrected chi connectivity index (χ0v) is 27.1. The second-order valence-electron chi connectivity index (χ2n) is 9.19. The van der Waals surface area contributed by atoms with E-state index < -0.39 is 0 Å². The molecule has 0 aromatic rings. The van der Waals surface area contributed by atoms with Crippen LogP contribution in [0, 0.1) is 0 Å². The summed E-state index contributed by atoms with van der Waals surface area (Å²) in [5.74, 6) is 0. The second-order valence-corrected chi connectivity index (χ2v) is 9.19. The molecule has 1 rings (SSSR count). The molecule has 0 aromatic heterocycles. The van der Waals surface area contributed by atoms with Gasteiger partial charge in [0.25, 0.3) is 0 Å². The monoisotopic (exact) mass is 557 g/mol. The van der Waals surface area contributed by atoms with Crippen LogP contribution in [0.5, 0.6) is 0 Å². The van der Waals surface area contributed by atoms with Gasteiger partial charge in [0.15, 0.2) is 0 Å². The van der Waals surface area contributed by atoms with Crippen molar-refractivity contribution in [1.82, 2.24) is 0 Å². The van der Waals surface area contributed by atoms with Gasteiger partial charge in [-0.15, -0.1) is 0 Å². The Hall–Kier alpha value is -0.240. The van der Waals surface area contributed by atoms with E-state index in [0.717, 1.165) is 42.7 Å². The lowest BCUT2D eigenvalue weighted by molar-refractivity contribution is 0.399. The summed E-state index contributed by atoms with van der Waals surface area (Å²) < 4.78 is 0. The van der Waals surface area contributed by atoms with Gasteiger partial charge in [-0.25, -0.2) is 0 Å². The molecule has 0 amide bonds. The molecule has 1 fully saturated rings. The van der Waals surface area contributed by atoms with E-state index in [9.17, 15) is 0 Å². The van der Waals surface area contributed by atoms with Gasteiger partial charge in [0, 0.05) is 42.7 Å². The highest BCUT2D eigenvalue weighted by Gasteiger charge is 1.97. The van der Waals surface area contributed by atoms with E-state index >= 15 is 0 Å². The third kappa shape index (κ3) is 65.1. The largest absolute Gasteiger partial charge is 0.400 e. The molecule has 1 aliphatic rings. The van der Waals surface area contributed by atoms with Crippen molar-refractivity contribution >= 4 is 0 Å². The molecule has 0 bridgehead atoms. The molecule has 0 atom stereocenters. The molecule has 6 N–H and O–H groups in total. The van der Waals surface area contributed by atoms with E-state index in [1.165, 1.54) is 167 Å². The highest BCUT2D eigenvalue weighted by molar-refractivity contribution is 4.53. The molecule has 240 valence electrons. The van der Waals surface area contributed by atoms with Crippen LogP contribution in [-0.4, -0.2) is 73.3 Å². The Labute approximate surface area is 240 Å². The molecule has 0 aromatic carbocycles. The molecule has 0 unspecified atom stereocenters. The van der Waals surface area contributed by atoms with Crippen molar-refractivity contribution in [2.24, 2.45) is 0 Å². The first kappa shape index (κ1) is 50.6. The molecule has 6 nitrogen and oxygen atoms in total. The van der Waals surface area contributed by atoms with Gasteiger partial charge in [0.2, 0.25) is 0 Å². The summed E-state index contributed by atoms with van der Waals surface area (Å²) in [6.45, 7) is 0. The molecule has 0 heterocycles. The van der Waals surface area contributed by atoms with Crippen molar-refractivity contribution in [3.8, 4) is 0 Å². The molecule has 0 spiro atoms. The summed E-state index contributed by atoms with van der Waals surface area (Å²) in [7, 11) is 6.00. The van der Waals surface area contributed by atoms with Crippen LogP contribution in [0.2, 0.25) is 0 Å². The number of aliphatic hydroxyl groups is 6. The highest BCUT2D eigenvalue weighted by atomic mass is 16.2. The van der Waals surface area contributed by atoms with Crippen LogP contribution in [0.4, 0.5) is 0 Å². The zero-order valence-electron chi connectivity index (χ0n) is 27.1. The summed E-state index contributed by atoms with van der Waals surface area (Å²) in [5, 5.41) is 42.0. The van der Waals surface area contributed by atoms with Crippen LogP contribution in [0.25, 0.3) is 0 Å². The minimum atomic E-state index is 1.00. The van der Waals surface area contributed by atoms with Crippen molar-refractivity contribution in [2.75, 3.05) is 42.7 Å². The van der Waals surface area contributed by atoms with E-state index in [1.807, 2.05) is 0 Å². The van der Waals surface area contributed by atoms with E-state index in [4.69, 9.17) is 30.6 Å². The number of hydrogen-bond acceptors (Lipinski definition) is 6. The second kappa shape index (κ2) is 70.8. The number of hydrogen-bond donors (Lipinski definition) is 6. The van der Waals surface area contributed by atoms with Crippen molar-refractivity contribution < 1.29 is 30.6 Å². The lowest BCUT2D eigenvalue weighted by atomic mass is 10.0. The predicted octanol–water partition coefficient (Wildman–Crippen LogP) is 7.79. The summed E-state index contributed by atoms with van der Waals surface area (Å²) in [5.41, 5.74) is 0. The normalized spacial score (nSPS) is 17.4. The fourth-order valence-corrected chi connectivity index (χ4v) is 4.60. The maximum absolute atomic E-state index is 7.00. The Morgan fingerprint density at radius 3 is 0.184 bits per heavy atom. The lowest BCUT2D eigenvalue weighted by Crippen LogP contribution is -1.85. The smallest absolute Gasteiger partial charge is 0.0319 e. The summed E-state index contributed by atoms with van der Waals surface area (Å²) >= 11 is 0. The average molecular weight is 557 g/mol. The van der Waals surface area contributed by atoms with Gasteiger partial charge >= 0.3 is 0 Å². The van der Waals surface area contributed by atoms with Gasteiger partial charge in [0.05, 0.1) is 0 Å². The molecule has 1 aliphatic carbocycles. The Kier molecular flexibility index (Phi) is 94.3. The van der Waals surface area contributed by atoms with Crippen LogP contribution in [0.3, 0.4) is 0 Å². The fraction of sp³-hybridized carbons (Fsp3) is 1.00. The van der Waals surface area contributed by atoms with E-state index in [1.54, 1.807) is 0 Å². The molecule has 1 saturated carbocycles. The van der Waals surface area contributed by atoms with E-state index in [0.29, 0.717) is 0 Å². The summed E-state index contributed by atoms with van der Waals surface area (Å²) in [6, 6.07) is 0. The van der Waals surface area contributed by atoms with Crippen molar-refractivity contribution in [3.05, 3.63) is 0 Å². The lowest BCUT2D eigenvalue weighted by Gasteiger charge is -2.05. The Morgan fingerprint density at radius 1 is 0.132 bits per heavy atom. The SMILES string of the molecule is C1CCCCCCCCCCCCCCCCCCCCCCCCC1.CO.CO.CO.CO.CO.CO. The van der Waals surface area contributed by atoms with Crippen LogP contribution in [0.1, 0.15) is 167 Å². The standard InChI is InChI=1S/C26H52.6CH4O/c1-2-4-6-8-10-12-14-16-18-20-22-24-26-25-23-21-19-17-15-13-11-9-7-5-3-1;6*1-2/h1-26H2;6*2H,1H3. The first-order valence-corrected chi connectivity index (χ1v) is 15.7. The van der Waals surface area contributed by atoms with Gasteiger partial charge in [0.1, 0.15) is 0 Å². The van der Waals surface area contributed by atoms with Crippen molar-refractivity contribution in [1.29, 1.82) is 0 Å². The van der Waals surface area contributed by atoms with Gasteiger partial charge in [-0.3, -0.25) is 0 Å². The molecule has 0 aliphatic heterocycles. The van der Waals surface area contributed by atoms with Gasteiger partial charge in [-0.1, -0.05) is 167 Å². The van der Waals surface area contributed by atoms with Gasteiger partial charge in [-0.05, 0) is 0 Å². The molecule has 6 heteroatoms. The molecular formula is C32H76O6. The van der Waals surface area contributed by atoms with E-state index in [-0.39, 0.29) is 0 Å². The van der Waals surface area contributed by atoms with Crippen LogP contribution >= 0.6 is 0 Å². The fourth-order valence-electron chi connectivity index (χ4n) is 4.60. The summed E-state index contributed by atoms with van der Waals surface area (Å²) in [4.78, 5) is 0. The number of aliphatic hydroxyl groups excluding tert-OH is 6. The molecule has 38 heavy (non-hydrogen) atoms. The minimum absolute atomic E-state index is 1.00. The first-order valence-electron chi connectivity index (χ1n) is 15.7. The number of rotatable bonds is 0. The van der Waals surface area contributed by atoms with Gasteiger partial charge in [-0.2, -0.15) is 0 Å². The summed E-state index contributed by atoms with van der Waals surface area (Å²) in [6.07, 6.45) is 39.0. The third-order valence-corrected chi connectivity index (χ3v) is 6.50. The van der Waals surface area contributed by atoms with E-state index in [2.05, 4.69) is 0 Å². The molecule has 0 radical (unpaired) electrons. The maximum atomic E-state index is 7.00. The maximum Gasteiger partial charge on any atom is 0.0319 e. The first-order chi connectivity index (χ1) is 19.0. The topological polar surface area (TPSA) is 121 Å². The van der Waals surface area contributed by atoms with Crippen molar-refractivity contribution in [3.63, 3.8) is 0 Å². The van der Waals surface area contributed by atoms with Crippen LogP contribution in [0.15, 0.2) is 0 Å². The molecular weight excluding hydrogens is 480 g/mol. The predicted molar refractivity (Wildman–Crippen MR) is 169 cm³/mol. The quantitative estimate of drug-likeness (QED) is 0.181.